The minimum absolute atomic E-state index is 0.252. The van der Waals surface area contributed by atoms with Gasteiger partial charge in [0.25, 0.3) is 5.91 Å². The molecule has 0 N–H and O–H groups in total. The van der Waals surface area contributed by atoms with E-state index in [9.17, 15) is 9.59 Å². The van der Waals surface area contributed by atoms with E-state index in [2.05, 4.69) is 4.98 Å². The summed E-state index contributed by atoms with van der Waals surface area (Å²) in [6.45, 7) is 0.196. The number of amides is 1. The first-order chi connectivity index (χ1) is 13.1. The van der Waals surface area contributed by atoms with E-state index >= 15 is 0 Å². The van der Waals surface area contributed by atoms with E-state index < -0.39 is 5.97 Å². The Balaban J connectivity index is 1.60. The summed E-state index contributed by atoms with van der Waals surface area (Å²) in [4.78, 5) is 32.5. The lowest BCUT2D eigenvalue weighted by atomic mass is 10.3. The Hall–Kier alpha value is -2.64. The van der Waals surface area contributed by atoms with Gasteiger partial charge in [-0.3, -0.25) is 4.79 Å². The van der Waals surface area contributed by atoms with Gasteiger partial charge in [0.2, 0.25) is 0 Å². The molecule has 7 heteroatoms. The predicted molar refractivity (Wildman–Crippen MR) is 106 cm³/mol. The molecule has 0 radical (unpaired) electrons. The van der Waals surface area contributed by atoms with Gasteiger partial charge in [-0.2, -0.15) is 0 Å². The SMILES string of the molecule is CN(Cc1cccs1)C(=O)COC(=O)c1cccnc1Sc1ccccc1. The predicted octanol–water partition coefficient (Wildman–Crippen LogP) is 4.11. The maximum absolute atomic E-state index is 12.5. The monoisotopic (exact) mass is 398 g/mol. The van der Waals surface area contributed by atoms with E-state index in [0.29, 0.717) is 17.1 Å². The summed E-state index contributed by atoms with van der Waals surface area (Å²) in [6, 6.07) is 16.9. The topological polar surface area (TPSA) is 59.5 Å². The van der Waals surface area contributed by atoms with Crippen LogP contribution in [0.2, 0.25) is 0 Å². The van der Waals surface area contributed by atoms with Crippen molar-refractivity contribution in [2.45, 2.75) is 16.5 Å². The number of likely N-dealkylation sites (N-methyl/N-ethyl adjacent to an activating group) is 1. The Morgan fingerprint density at radius 2 is 1.93 bits per heavy atom. The maximum atomic E-state index is 12.5. The first kappa shape index (κ1) is 19.1. The molecule has 3 aromatic rings. The van der Waals surface area contributed by atoms with Crippen LogP contribution in [0.3, 0.4) is 0 Å². The van der Waals surface area contributed by atoms with Crippen LogP contribution in [-0.4, -0.2) is 35.4 Å². The molecule has 27 heavy (non-hydrogen) atoms. The third-order valence-electron chi connectivity index (χ3n) is 3.67. The summed E-state index contributed by atoms with van der Waals surface area (Å²) >= 11 is 2.96. The zero-order valence-corrected chi connectivity index (χ0v) is 16.3. The van der Waals surface area contributed by atoms with E-state index in [1.165, 1.54) is 11.8 Å². The summed E-state index contributed by atoms with van der Waals surface area (Å²) in [5.41, 5.74) is 0.347. The standard InChI is InChI=1S/C20H18N2O3S2/c1-22(13-16-9-6-12-26-16)18(23)14-25-20(24)17-10-5-11-21-19(17)27-15-7-3-2-4-8-15/h2-12H,13-14H2,1H3. The lowest BCUT2D eigenvalue weighted by molar-refractivity contribution is -0.133. The number of benzene rings is 1. The second-order valence-corrected chi connectivity index (χ2v) is 7.77. The van der Waals surface area contributed by atoms with Crippen molar-refractivity contribution >= 4 is 35.0 Å². The van der Waals surface area contributed by atoms with Crippen LogP contribution in [0, 0.1) is 0 Å². The molecular weight excluding hydrogens is 380 g/mol. The number of thiophene rings is 1. The molecule has 0 fully saturated rings. The number of nitrogens with zero attached hydrogens (tertiary/aromatic N) is 2. The average Bonchev–Trinajstić information content (AvgIpc) is 3.20. The van der Waals surface area contributed by atoms with Gasteiger partial charge in [0.05, 0.1) is 12.1 Å². The van der Waals surface area contributed by atoms with Gasteiger partial charge in [0.1, 0.15) is 5.03 Å². The van der Waals surface area contributed by atoms with Crippen LogP contribution >= 0.6 is 23.1 Å². The van der Waals surface area contributed by atoms with Crippen molar-refractivity contribution in [3.8, 4) is 0 Å². The van der Waals surface area contributed by atoms with Crippen LogP contribution in [0.1, 0.15) is 15.2 Å². The molecule has 138 valence electrons. The van der Waals surface area contributed by atoms with E-state index in [4.69, 9.17) is 4.74 Å². The number of rotatable bonds is 7. The molecule has 0 aliphatic carbocycles. The minimum Gasteiger partial charge on any atom is -0.452 e. The van der Waals surface area contributed by atoms with Gasteiger partial charge in [0, 0.05) is 23.0 Å². The molecular formula is C20H18N2O3S2. The molecule has 2 aromatic heterocycles. The largest absolute Gasteiger partial charge is 0.452 e. The number of carbonyl (C=O) groups excluding carboxylic acids is 2. The van der Waals surface area contributed by atoms with E-state index in [0.717, 1.165) is 9.77 Å². The van der Waals surface area contributed by atoms with Crippen LogP contribution < -0.4 is 0 Å². The molecule has 0 aliphatic heterocycles. The summed E-state index contributed by atoms with van der Waals surface area (Å²) in [5.74, 6) is -0.808. The molecule has 3 rings (SSSR count). The fourth-order valence-electron chi connectivity index (χ4n) is 2.27. The lowest BCUT2D eigenvalue weighted by Gasteiger charge is -2.16. The summed E-state index contributed by atoms with van der Waals surface area (Å²) in [6.07, 6.45) is 1.63. The zero-order valence-electron chi connectivity index (χ0n) is 14.7. The van der Waals surface area contributed by atoms with Crippen LogP contribution in [0.25, 0.3) is 0 Å². The van der Waals surface area contributed by atoms with Crippen molar-refractivity contribution in [1.82, 2.24) is 9.88 Å². The average molecular weight is 399 g/mol. The fraction of sp³-hybridized carbons (Fsp3) is 0.150. The van der Waals surface area contributed by atoms with Crippen LogP contribution in [0.4, 0.5) is 0 Å². The molecule has 0 spiro atoms. The van der Waals surface area contributed by atoms with Gasteiger partial charge in [-0.1, -0.05) is 36.0 Å². The highest BCUT2D eigenvalue weighted by molar-refractivity contribution is 7.99. The maximum Gasteiger partial charge on any atom is 0.341 e. The Labute approximate surface area is 166 Å². The lowest BCUT2D eigenvalue weighted by Crippen LogP contribution is -2.30. The first-order valence-corrected chi connectivity index (χ1v) is 9.94. The highest BCUT2D eigenvalue weighted by Gasteiger charge is 2.18. The molecule has 0 unspecified atom stereocenters. The van der Waals surface area contributed by atoms with E-state index in [1.807, 2.05) is 47.8 Å². The second kappa shape index (κ2) is 9.34. The number of carbonyl (C=O) groups is 2. The first-order valence-electron chi connectivity index (χ1n) is 8.25. The normalized spacial score (nSPS) is 10.4. The molecule has 5 nitrogen and oxygen atoms in total. The van der Waals surface area contributed by atoms with Crippen molar-refractivity contribution in [2.75, 3.05) is 13.7 Å². The van der Waals surface area contributed by atoms with Gasteiger partial charge in [-0.05, 0) is 35.7 Å². The van der Waals surface area contributed by atoms with Crippen molar-refractivity contribution in [3.63, 3.8) is 0 Å². The van der Waals surface area contributed by atoms with Gasteiger partial charge < -0.3 is 9.64 Å². The minimum atomic E-state index is -0.556. The smallest absolute Gasteiger partial charge is 0.341 e. The highest BCUT2D eigenvalue weighted by Crippen LogP contribution is 2.28. The number of pyridine rings is 1. The molecule has 0 saturated heterocycles. The van der Waals surface area contributed by atoms with Gasteiger partial charge in [0.15, 0.2) is 6.61 Å². The Bertz CT molecular complexity index is 899. The molecule has 2 heterocycles. The van der Waals surface area contributed by atoms with Crippen LogP contribution in [-0.2, 0) is 16.1 Å². The number of aromatic nitrogens is 1. The number of ether oxygens (including phenoxy) is 1. The van der Waals surface area contributed by atoms with E-state index in [1.54, 1.807) is 41.6 Å². The second-order valence-electron chi connectivity index (χ2n) is 5.68. The van der Waals surface area contributed by atoms with Gasteiger partial charge in [-0.25, -0.2) is 9.78 Å². The molecule has 1 amide bonds. The van der Waals surface area contributed by atoms with Gasteiger partial charge >= 0.3 is 5.97 Å². The van der Waals surface area contributed by atoms with Crippen LogP contribution in [0.5, 0.6) is 0 Å². The Kier molecular flexibility index (Phi) is 6.62. The third-order valence-corrected chi connectivity index (χ3v) is 5.56. The Morgan fingerprint density at radius 1 is 1.11 bits per heavy atom. The summed E-state index contributed by atoms with van der Waals surface area (Å²) in [7, 11) is 1.69. The van der Waals surface area contributed by atoms with Crippen molar-refractivity contribution in [2.24, 2.45) is 0 Å². The van der Waals surface area contributed by atoms with Gasteiger partial charge in [-0.15, -0.1) is 11.3 Å². The van der Waals surface area contributed by atoms with E-state index in [-0.39, 0.29) is 12.5 Å². The molecule has 0 bridgehead atoms. The highest BCUT2D eigenvalue weighted by atomic mass is 32.2. The number of esters is 1. The molecule has 1 aromatic carbocycles. The van der Waals surface area contributed by atoms with Crippen molar-refractivity contribution in [1.29, 1.82) is 0 Å². The molecule has 0 saturated carbocycles. The fourth-order valence-corrected chi connectivity index (χ4v) is 3.92. The molecule has 0 atom stereocenters. The van der Waals surface area contributed by atoms with Crippen molar-refractivity contribution < 1.29 is 14.3 Å². The van der Waals surface area contributed by atoms with Crippen molar-refractivity contribution in [3.05, 3.63) is 76.6 Å². The Morgan fingerprint density at radius 3 is 2.67 bits per heavy atom. The zero-order chi connectivity index (χ0) is 19.1. The van der Waals surface area contributed by atoms with Crippen LogP contribution in [0.15, 0.2) is 76.1 Å². The summed E-state index contributed by atoms with van der Waals surface area (Å²) < 4.78 is 5.23. The number of hydrogen-bond acceptors (Lipinski definition) is 6. The third kappa shape index (κ3) is 5.42. The quantitative estimate of drug-likeness (QED) is 0.561. The molecule has 0 aliphatic rings. The number of hydrogen-bond donors (Lipinski definition) is 0. The summed E-state index contributed by atoms with van der Waals surface area (Å²) in [5, 5.41) is 2.51.